The molecule has 5 nitrogen and oxygen atoms in total. The van der Waals surface area contributed by atoms with Gasteiger partial charge < -0.3 is 15.1 Å². The van der Waals surface area contributed by atoms with Gasteiger partial charge in [-0.1, -0.05) is 47.7 Å². The van der Waals surface area contributed by atoms with Gasteiger partial charge in [-0.3, -0.25) is 0 Å². The van der Waals surface area contributed by atoms with Crippen LogP contribution in [0.3, 0.4) is 0 Å². The van der Waals surface area contributed by atoms with E-state index >= 15 is 0 Å². The Morgan fingerprint density at radius 3 is 2.03 bits per heavy atom. The van der Waals surface area contributed by atoms with Gasteiger partial charge in [0.05, 0.1) is 0 Å². The number of halogens is 3. The van der Waals surface area contributed by atoms with Crippen LogP contribution in [0.4, 0.5) is 18.0 Å². The highest BCUT2D eigenvalue weighted by atomic mass is 32.2. The highest BCUT2D eigenvalue weighted by Gasteiger charge is 2.38. The summed E-state index contributed by atoms with van der Waals surface area (Å²) in [5, 5.41) is 16.2. The molecule has 2 aromatic rings. The Hall–Kier alpha value is -2.68. The van der Waals surface area contributed by atoms with Gasteiger partial charge in [0, 0.05) is 22.9 Å². The summed E-state index contributed by atoms with van der Waals surface area (Å²) in [5.41, 5.74) is 2.62. The molecule has 1 fully saturated rings. The minimum atomic E-state index is -5.08. The van der Waals surface area contributed by atoms with Crippen LogP contribution in [0.15, 0.2) is 58.3 Å². The summed E-state index contributed by atoms with van der Waals surface area (Å²) in [6, 6.07) is 17.1. The van der Waals surface area contributed by atoms with Crippen molar-refractivity contribution in [2.24, 2.45) is 0 Å². The number of hydrogen-bond acceptors (Lipinski definition) is 3. The van der Waals surface area contributed by atoms with Crippen LogP contribution in [0.25, 0.3) is 0 Å². The van der Waals surface area contributed by atoms with Gasteiger partial charge in [0.1, 0.15) is 0 Å². The van der Waals surface area contributed by atoms with Crippen LogP contribution in [0.2, 0.25) is 0 Å². The van der Waals surface area contributed by atoms with Gasteiger partial charge in [-0.25, -0.2) is 9.59 Å². The number of alkyl halides is 3. The molecule has 162 valence electrons. The van der Waals surface area contributed by atoms with Gasteiger partial charge in [0.15, 0.2) is 0 Å². The molecular formula is C21H22F3NO4S. The summed E-state index contributed by atoms with van der Waals surface area (Å²) in [4.78, 5) is 24.0. The number of carboxylic acid groups (broad SMARTS) is 2. The average Bonchev–Trinajstić information content (AvgIpc) is 2.70. The van der Waals surface area contributed by atoms with E-state index in [4.69, 9.17) is 15.0 Å². The Bertz CT molecular complexity index is 863. The first-order valence-corrected chi connectivity index (χ1v) is 10.0. The van der Waals surface area contributed by atoms with Gasteiger partial charge in [-0.2, -0.15) is 13.2 Å². The van der Waals surface area contributed by atoms with Crippen molar-refractivity contribution in [3.63, 3.8) is 0 Å². The van der Waals surface area contributed by atoms with E-state index in [1.807, 2.05) is 0 Å². The maximum Gasteiger partial charge on any atom is 0.490 e. The lowest BCUT2D eigenvalue weighted by Gasteiger charge is -2.31. The number of hydrogen-bond donors (Lipinski definition) is 2. The van der Waals surface area contributed by atoms with Crippen molar-refractivity contribution in [3.05, 3.63) is 59.7 Å². The third kappa shape index (κ3) is 6.98. The Labute approximate surface area is 176 Å². The number of carboxylic acids is 1. The van der Waals surface area contributed by atoms with Crippen molar-refractivity contribution in [3.8, 4) is 0 Å². The van der Waals surface area contributed by atoms with Crippen molar-refractivity contribution in [2.45, 2.75) is 41.7 Å². The standard InChI is InChI=1S/C19H21NO2S.C2HF3O2/c1-14-6-8-16(9-7-14)23-18-5-3-2-4-17(18)15-10-12-20(13-11-15)19(21)22;3-2(4,5)1(6)7/h2-9,15H,10-13H2,1H3,(H,21,22);(H,6,7). The quantitative estimate of drug-likeness (QED) is 0.645. The van der Waals surface area contributed by atoms with Crippen molar-refractivity contribution >= 4 is 23.8 Å². The number of carbonyl (C=O) groups is 2. The number of likely N-dealkylation sites (tertiary alicyclic amines) is 1. The van der Waals surface area contributed by atoms with Gasteiger partial charge in [-0.15, -0.1) is 0 Å². The fraction of sp³-hybridized carbons (Fsp3) is 0.333. The third-order valence-electron chi connectivity index (χ3n) is 4.62. The molecule has 0 radical (unpaired) electrons. The molecule has 1 aliphatic rings. The Morgan fingerprint density at radius 1 is 1.00 bits per heavy atom. The second-order valence-electron chi connectivity index (χ2n) is 6.80. The predicted octanol–water partition coefficient (Wildman–Crippen LogP) is 5.64. The molecule has 0 aliphatic carbocycles. The fourth-order valence-electron chi connectivity index (χ4n) is 3.03. The molecule has 0 unspecified atom stereocenters. The molecule has 0 saturated carbocycles. The molecule has 0 aromatic heterocycles. The summed E-state index contributed by atoms with van der Waals surface area (Å²) in [7, 11) is 0. The predicted molar refractivity (Wildman–Crippen MR) is 107 cm³/mol. The molecule has 9 heteroatoms. The average molecular weight is 441 g/mol. The van der Waals surface area contributed by atoms with E-state index in [1.54, 1.807) is 11.8 Å². The van der Waals surface area contributed by atoms with Crippen LogP contribution in [0.1, 0.15) is 29.9 Å². The summed E-state index contributed by atoms with van der Waals surface area (Å²) in [6.07, 6.45) is -4.08. The van der Waals surface area contributed by atoms with E-state index in [0.717, 1.165) is 12.8 Å². The summed E-state index contributed by atoms with van der Waals surface area (Å²) in [6.45, 7) is 3.35. The molecule has 0 atom stereocenters. The molecule has 1 saturated heterocycles. The number of piperidine rings is 1. The van der Waals surface area contributed by atoms with Crippen LogP contribution in [-0.2, 0) is 4.79 Å². The van der Waals surface area contributed by atoms with Crippen molar-refractivity contribution in [2.75, 3.05) is 13.1 Å². The van der Waals surface area contributed by atoms with E-state index in [9.17, 15) is 18.0 Å². The Morgan fingerprint density at radius 2 is 1.53 bits per heavy atom. The maximum absolute atomic E-state index is 11.1. The molecule has 1 heterocycles. The third-order valence-corrected chi connectivity index (χ3v) is 5.72. The molecular weight excluding hydrogens is 419 g/mol. The topological polar surface area (TPSA) is 77.8 Å². The van der Waals surface area contributed by atoms with Gasteiger partial charge >= 0.3 is 18.2 Å². The van der Waals surface area contributed by atoms with E-state index in [0.29, 0.717) is 19.0 Å². The molecule has 0 bridgehead atoms. The SMILES string of the molecule is Cc1ccc(Sc2ccccc2C2CCN(C(=O)O)CC2)cc1.O=C(O)C(F)(F)F. The number of rotatable bonds is 3. The number of aliphatic carboxylic acids is 1. The second kappa shape index (κ2) is 10.4. The van der Waals surface area contributed by atoms with E-state index < -0.39 is 18.2 Å². The minimum absolute atomic E-state index is 0.444. The number of aryl methyl sites for hydroxylation is 1. The lowest BCUT2D eigenvalue weighted by Crippen LogP contribution is -2.36. The zero-order chi connectivity index (χ0) is 22.3. The van der Waals surface area contributed by atoms with E-state index in [2.05, 4.69) is 55.5 Å². The van der Waals surface area contributed by atoms with Crippen molar-refractivity contribution in [1.29, 1.82) is 0 Å². The molecule has 1 amide bonds. The lowest BCUT2D eigenvalue weighted by atomic mass is 9.89. The van der Waals surface area contributed by atoms with Gasteiger partial charge in [0.2, 0.25) is 0 Å². The summed E-state index contributed by atoms with van der Waals surface area (Å²) >= 11 is 1.79. The Kier molecular flexibility index (Phi) is 8.16. The number of benzene rings is 2. The lowest BCUT2D eigenvalue weighted by molar-refractivity contribution is -0.192. The van der Waals surface area contributed by atoms with E-state index in [-0.39, 0.29) is 0 Å². The highest BCUT2D eigenvalue weighted by molar-refractivity contribution is 7.99. The van der Waals surface area contributed by atoms with Crippen LogP contribution >= 0.6 is 11.8 Å². The molecule has 30 heavy (non-hydrogen) atoms. The first-order chi connectivity index (χ1) is 14.1. The Balaban J connectivity index is 0.000000396. The smallest absolute Gasteiger partial charge is 0.475 e. The van der Waals surface area contributed by atoms with Crippen molar-refractivity contribution in [1.82, 2.24) is 4.90 Å². The first-order valence-electron chi connectivity index (χ1n) is 9.19. The largest absolute Gasteiger partial charge is 0.490 e. The summed E-state index contributed by atoms with van der Waals surface area (Å²) < 4.78 is 31.7. The zero-order valence-electron chi connectivity index (χ0n) is 16.2. The fourth-order valence-corrected chi connectivity index (χ4v) is 4.05. The monoisotopic (exact) mass is 441 g/mol. The first kappa shape index (κ1) is 23.6. The molecule has 3 rings (SSSR count). The number of nitrogens with zero attached hydrogens (tertiary/aromatic N) is 1. The molecule has 2 aromatic carbocycles. The van der Waals surface area contributed by atoms with Crippen LogP contribution < -0.4 is 0 Å². The van der Waals surface area contributed by atoms with Crippen LogP contribution in [0.5, 0.6) is 0 Å². The number of amides is 1. The van der Waals surface area contributed by atoms with Crippen LogP contribution in [-0.4, -0.2) is 46.4 Å². The summed E-state index contributed by atoms with van der Waals surface area (Å²) in [5.74, 6) is -2.31. The minimum Gasteiger partial charge on any atom is -0.475 e. The van der Waals surface area contributed by atoms with Crippen molar-refractivity contribution < 1.29 is 33.0 Å². The maximum atomic E-state index is 11.1. The van der Waals surface area contributed by atoms with Gasteiger partial charge in [0.25, 0.3) is 0 Å². The van der Waals surface area contributed by atoms with E-state index in [1.165, 1.54) is 25.8 Å². The normalized spacial score (nSPS) is 14.6. The molecule has 0 spiro atoms. The van der Waals surface area contributed by atoms with Crippen LogP contribution in [0, 0.1) is 6.92 Å². The zero-order valence-corrected chi connectivity index (χ0v) is 17.0. The molecule has 2 N–H and O–H groups in total. The molecule has 1 aliphatic heterocycles. The van der Waals surface area contributed by atoms with Gasteiger partial charge in [-0.05, 0) is 49.4 Å². The highest BCUT2D eigenvalue weighted by Crippen LogP contribution is 2.38. The second-order valence-corrected chi connectivity index (χ2v) is 7.92.